The van der Waals surface area contributed by atoms with Gasteiger partial charge >= 0.3 is 5.69 Å². The molecule has 0 aliphatic heterocycles. The van der Waals surface area contributed by atoms with Gasteiger partial charge in [-0.05, 0) is 24.1 Å². The molecule has 2 aromatic rings. The van der Waals surface area contributed by atoms with Crippen molar-refractivity contribution >= 4 is 11.5 Å². The number of hydrogen-bond donors (Lipinski definition) is 1. The Morgan fingerprint density at radius 2 is 2.10 bits per heavy atom. The highest BCUT2D eigenvalue weighted by molar-refractivity contribution is 5.50. The normalized spacial score (nSPS) is 9.80. The lowest BCUT2D eigenvalue weighted by atomic mass is 10.1. The third-order valence-electron chi connectivity index (χ3n) is 2.90. The average molecular weight is 268 g/mol. The summed E-state index contributed by atoms with van der Waals surface area (Å²) in [6.45, 7) is 2.54. The van der Waals surface area contributed by atoms with Crippen LogP contribution >= 0.6 is 0 Å². The summed E-state index contributed by atoms with van der Waals surface area (Å²) >= 11 is 0. The van der Waals surface area contributed by atoms with Crippen molar-refractivity contribution in [2.75, 3.05) is 5.32 Å². The molecule has 0 saturated heterocycles. The van der Waals surface area contributed by atoms with Gasteiger partial charge in [-0.1, -0.05) is 24.3 Å². The molecule has 0 radical (unpaired) electrons. The second-order valence-corrected chi connectivity index (χ2v) is 4.21. The third kappa shape index (κ3) is 2.90. The maximum atomic E-state index is 10.7. The zero-order valence-corrected chi connectivity index (χ0v) is 10.8. The van der Waals surface area contributed by atoms with Crippen LogP contribution in [0.2, 0.25) is 0 Å². The Morgan fingerprint density at radius 3 is 2.75 bits per heavy atom. The molecular weight excluding hydrogens is 256 g/mol. The standard InChI is InChI=1S/C14H12N4O2/c1-10-4-2-3-5-11(10)9-16-14-7-6-13(18(19)20)12(8-15)17-14/h2-7H,9H2,1H3,(H,16,17). The number of nitrogens with one attached hydrogen (secondary N) is 1. The van der Waals surface area contributed by atoms with Gasteiger partial charge in [0.15, 0.2) is 0 Å². The maximum absolute atomic E-state index is 10.7. The number of benzene rings is 1. The van der Waals surface area contributed by atoms with Crippen LogP contribution < -0.4 is 5.32 Å². The first-order valence-electron chi connectivity index (χ1n) is 5.95. The number of aromatic nitrogens is 1. The number of nitrogens with zero attached hydrogens (tertiary/aromatic N) is 3. The van der Waals surface area contributed by atoms with Crippen molar-refractivity contribution in [1.29, 1.82) is 5.26 Å². The number of hydrogen-bond acceptors (Lipinski definition) is 5. The molecule has 100 valence electrons. The van der Waals surface area contributed by atoms with Gasteiger partial charge in [0.25, 0.3) is 0 Å². The number of nitro groups is 1. The molecule has 0 amide bonds. The number of aryl methyl sites for hydroxylation is 1. The third-order valence-corrected chi connectivity index (χ3v) is 2.90. The minimum Gasteiger partial charge on any atom is -0.366 e. The predicted molar refractivity (Wildman–Crippen MR) is 74.1 cm³/mol. The summed E-state index contributed by atoms with van der Waals surface area (Å²) < 4.78 is 0. The summed E-state index contributed by atoms with van der Waals surface area (Å²) in [5.41, 5.74) is 1.77. The zero-order valence-electron chi connectivity index (χ0n) is 10.8. The molecule has 0 aliphatic rings. The first kappa shape index (κ1) is 13.5. The van der Waals surface area contributed by atoms with E-state index in [1.807, 2.05) is 31.2 Å². The van der Waals surface area contributed by atoms with E-state index in [0.29, 0.717) is 12.4 Å². The molecule has 0 unspecified atom stereocenters. The van der Waals surface area contributed by atoms with E-state index in [1.165, 1.54) is 12.1 Å². The van der Waals surface area contributed by atoms with Gasteiger partial charge in [0.2, 0.25) is 5.69 Å². The number of pyridine rings is 1. The summed E-state index contributed by atoms with van der Waals surface area (Å²) in [4.78, 5) is 14.0. The van der Waals surface area contributed by atoms with Crippen molar-refractivity contribution in [2.24, 2.45) is 0 Å². The van der Waals surface area contributed by atoms with Crippen LogP contribution in [0.5, 0.6) is 0 Å². The van der Waals surface area contributed by atoms with E-state index in [2.05, 4.69) is 10.3 Å². The molecular formula is C14H12N4O2. The monoisotopic (exact) mass is 268 g/mol. The van der Waals surface area contributed by atoms with Gasteiger partial charge in [0.1, 0.15) is 11.9 Å². The van der Waals surface area contributed by atoms with Gasteiger partial charge in [-0.15, -0.1) is 0 Å². The topological polar surface area (TPSA) is 91.9 Å². The van der Waals surface area contributed by atoms with Crippen LogP contribution in [0.1, 0.15) is 16.8 Å². The largest absolute Gasteiger partial charge is 0.366 e. The van der Waals surface area contributed by atoms with E-state index in [-0.39, 0.29) is 11.4 Å². The van der Waals surface area contributed by atoms with Crippen molar-refractivity contribution in [1.82, 2.24) is 4.98 Å². The lowest BCUT2D eigenvalue weighted by molar-refractivity contribution is -0.385. The molecule has 0 aliphatic carbocycles. The molecule has 6 nitrogen and oxygen atoms in total. The predicted octanol–water partition coefficient (Wildman–Crippen LogP) is 2.78. The molecule has 0 fully saturated rings. The highest BCUT2D eigenvalue weighted by Crippen LogP contribution is 2.18. The van der Waals surface area contributed by atoms with Gasteiger partial charge in [0.05, 0.1) is 4.92 Å². The second-order valence-electron chi connectivity index (χ2n) is 4.21. The van der Waals surface area contributed by atoms with Gasteiger partial charge in [-0.3, -0.25) is 10.1 Å². The summed E-state index contributed by atoms with van der Waals surface area (Å²) in [5.74, 6) is 0.440. The Morgan fingerprint density at radius 1 is 1.35 bits per heavy atom. The Balaban J connectivity index is 2.17. The van der Waals surface area contributed by atoms with E-state index in [1.54, 1.807) is 6.07 Å². The smallest absolute Gasteiger partial charge is 0.305 e. The van der Waals surface area contributed by atoms with Gasteiger partial charge < -0.3 is 5.32 Å². The van der Waals surface area contributed by atoms with E-state index in [0.717, 1.165) is 11.1 Å². The van der Waals surface area contributed by atoms with Crippen molar-refractivity contribution in [2.45, 2.75) is 13.5 Å². The Hall–Kier alpha value is -2.94. The molecule has 1 aromatic carbocycles. The molecule has 6 heteroatoms. The molecule has 1 N–H and O–H groups in total. The number of rotatable bonds is 4. The highest BCUT2D eigenvalue weighted by Gasteiger charge is 2.15. The van der Waals surface area contributed by atoms with Crippen molar-refractivity contribution < 1.29 is 4.92 Å². The van der Waals surface area contributed by atoms with Crippen LogP contribution in [0.4, 0.5) is 11.5 Å². The minimum atomic E-state index is -0.614. The van der Waals surface area contributed by atoms with Crippen LogP contribution in [0.3, 0.4) is 0 Å². The lowest BCUT2D eigenvalue weighted by Crippen LogP contribution is -2.04. The minimum absolute atomic E-state index is 0.190. The molecule has 1 heterocycles. The van der Waals surface area contributed by atoms with Crippen molar-refractivity contribution in [3.8, 4) is 6.07 Å². The molecule has 0 saturated carbocycles. The molecule has 0 bridgehead atoms. The second kappa shape index (κ2) is 5.80. The summed E-state index contributed by atoms with van der Waals surface area (Å²) in [5, 5.41) is 22.6. The maximum Gasteiger partial charge on any atom is 0.305 e. The Kier molecular flexibility index (Phi) is 3.91. The molecule has 0 spiro atoms. The van der Waals surface area contributed by atoms with E-state index < -0.39 is 4.92 Å². The quantitative estimate of drug-likeness (QED) is 0.680. The fourth-order valence-corrected chi connectivity index (χ4v) is 1.77. The lowest BCUT2D eigenvalue weighted by Gasteiger charge is -2.08. The number of nitriles is 1. The SMILES string of the molecule is Cc1ccccc1CNc1ccc([N+](=O)[O-])c(C#N)n1. The van der Waals surface area contributed by atoms with E-state index in [4.69, 9.17) is 5.26 Å². The van der Waals surface area contributed by atoms with Crippen LogP contribution in [-0.4, -0.2) is 9.91 Å². The van der Waals surface area contributed by atoms with Crippen molar-refractivity contribution in [3.63, 3.8) is 0 Å². The Bertz CT molecular complexity index is 692. The molecule has 0 atom stereocenters. The van der Waals surface area contributed by atoms with E-state index in [9.17, 15) is 10.1 Å². The first-order chi connectivity index (χ1) is 9.61. The Labute approximate surface area is 115 Å². The summed E-state index contributed by atoms with van der Waals surface area (Å²) in [6, 6.07) is 12.4. The summed E-state index contributed by atoms with van der Waals surface area (Å²) in [7, 11) is 0. The molecule has 1 aromatic heterocycles. The fraction of sp³-hybridized carbons (Fsp3) is 0.143. The van der Waals surface area contributed by atoms with Crippen LogP contribution in [0.15, 0.2) is 36.4 Å². The fourth-order valence-electron chi connectivity index (χ4n) is 1.77. The highest BCUT2D eigenvalue weighted by atomic mass is 16.6. The first-order valence-corrected chi connectivity index (χ1v) is 5.95. The summed E-state index contributed by atoms with van der Waals surface area (Å²) in [6.07, 6.45) is 0. The van der Waals surface area contributed by atoms with Crippen LogP contribution in [-0.2, 0) is 6.54 Å². The number of anilines is 1. The van der Waals surface area contributed by atoms with Crippen LogP contribution in [0, 0.1) is 28.4 Å². The molecule has 2 rings (SSSR count). The van der Waals surface area contributed by atoms with Gasteiger partial charge in [0, 0.05) is 12.6 Å². The molecule has 20 heavy (non-hydrogen) atoms. The van der Waals surface area contributed by atoms with Gasteiger partial charge in [-0.2, -0.15) is 5.26 Å². The zero-order chi connectivity index (χ0) is 14.5. The van der Waals surface area contributed by atoms with Crippen molar-refractivity contribution in [3.05, 3.63) is 63.3 Å². The van der Waals surface area contributed by atoms with Gasteiger partial charge in [-0.25, -0.2) is 4.98 Å². The van der Waals surface area contributed by atoms with E-state index >= 15 is 0 Å². The average Bonchev–Trinajstić information content (AvgIpc) is 2.46. The van der Waals surface area contributed by atoms with Crippen LogP contribution in [0.25, 0.3) is 0 Å².